The summed E-state index contributed by atoms with van der Waals surface area (Å²) in [5.41, 5.74) is 1.75. The first-order chi connectivity index (χ1) is 18.9. The highest BCUT2D eigenvalue weighted by Crippen LogP contribution is 2.38. The monoisotopic (exact) mass is 549 g/mol. The first kappa shape index (κ1) is 26.8. The van der Waals surface area contributed by atoms with Crippen LogP contribution in [0.2, 0.25) is 0 Å². The Labute approximate surface area is 228 Å². The second kappa shape index (κ2) is 11.5. The lowest BCUT2D eigenvalue weighted by molar-refractivity contribution is 0.0526. The van der Waals surface area contributed by atoms with Crippen molar-refractivity contribution < 1.29 is 19.1 Å². The number of carbonyl (C=O) groups is 2. The molecule has 2 N–H and O–H groups in total. The summed E-state index contributed by atoms with van der Waals surface area (Å²) in [6.07, 6.45) is 5.79. The zero-order valence-electron chi connectivity index (χ0n) is 22.0. The summed E-state index contributed by atoms with van der Waals surface area (Å²) in [4.78, 5) is 45.7. The summed E-state index contributed by atoms with van der Waals surface area (Å²) >= 11 is 1.38. The van der Waals surface area contributed by atoms with Gasteiger partial charge in [-0.15, -0.1) is 11.3 Å². The van der Waals surface area contributed by atoms with Crippen LogP contribution in [0.1, 0.15) is 64.3 Å². The molecule has 0 aromatic carbocycles. The Morgan fingerprint density at radius 1 is 1.18 bits per heavy atom. The number of anilines is 1. The van der Waals surface area contributed by atoms with Gasteiger partial charge in [-0.25, -0.2) is 9.78 Å². The molecule has 0 unspecified atom stereocenters. The number of carbonyl (C=O) groups excluding carboxylic acids is 2. The predicted molar refractivity (Wildman–Crippen MR) is 149 cm³/mol. The summed E-state index contributed by atoms with van der Waals surface area (Å²) in [5.74, 6) is -1.03. The summed E-state index contributed by atoms with van der Waals surface area (Å²) < 4.78 is 13.8. The van der Waals surface area contributed by atoms with Gasteiger partial charge in [-0.1, -0.05) is 6.07 Å². The number of amides is 1. The Kier molecular flexibility index (Phi) is 7.89. The zero-order valence-corrected chi connectivity index (χ0v) is 22.9. The number of rotatable bonds is 9. The van der Waals surface area contributed by atoms with E-state index in [4.69, 9.17) is 14.9 Å². The van der Waals surface area contributed by atoms with Crippen molar-refractivity contribution in [3.63, 3.8) is 0 Å². The van der Waals surface area contributed by atoms with Crippen molar-refractivity contribution in [2.24, 2.45) is 0 Å². The zero-order chi connectivity index (χ0) is 27.5. The van der Waals surface area contributed by atoms with E-state index < -0.39 is 11.9 Å². The van der Waals surface area contributed by atoms with E-state index in [1.807, 2.05) is 6.92 Å². The fraction of sp³-hybridized carbons (Fsp3) is 0.393. The lowest BCUT2D eigenvalue weighted by atomic mass is 9.95. The molecule has 39 heavy (non-hydrogen) atoms. The van der Waals surface area contributed by atoms with Gasteiger partial charge in [0.1, 0.15) is 21.8 Å². The maximum Gasteiger partial charge on any atom is 0.341 e. The van der Waals surface area contributed by atoms with Crippen molar-refractivity contribution >= 4 is 44.9 Å². The van der Waals surface area contributed by atoms with Gasteiger partial charge in [-0.05, 0) is 69.7 Å². The van der Waals surface area contributed by atoms with Gasteiger partial charge in [0.15, 0.2) is 0 Å². The van der Waals surface area contributed by atoms with E-state index in [0.29, 0.717) is 48.0 Å². The molecule has 1 aliphatic carbocycles. The van der Waals surface area contributed by atoms with Crippen LogP contribution in [-0.4, -0.2) is 45.6 Å². The van der Waals surface area contributed by atoms with E-state index in [1.165, 1.54) is 21.8 Å². The largest absolute Gasteiger partial charge is 0.462 e. The minimum atomic E-state index is -0.567. The van der Waals surface area contributed by atoms with Crippen molar-refractivity contribution in [1.29, 1.82) is 5.41 Å². The molecular formula is C28H31N5O5S. The van der Waals surface area contributed by atoms with Crippen LogP contribution in [0.15, 0.2) is 35.3 Å². The molecule has 0 aliphatic heterocycles. The van der Waals surface area contributed by atoms with Crippen molar-refractivity contribution in [3.05, 3.63) is 67.9 Å². The Morgan fingerprint density at radius 3 is 2.79 bits per heavy atom. The molecule has 0 bridgehead atoms. The van der Waals surface area contributed by atoms with E-state index >= 15 is 0 Å². The van der Waals surface area contributed by atoms with Gasteiger partial charge < -0.3 is 19.4 Å². The summed E-state index contributed by atoms with van der Waals surface area (Å²) in [5, 5.41) is 12.5. The minimum Gasteiger partial charge on any atom is -0.462 e. The normalized spacial score (nSPS) is 13.0. The molecule has 4 aromatic heterocycles. The van der Waals surface area contributed by atoms with E-state index in [2.05, 4.69) is 10.3 Å². The number of thiophene rings is 1. The molecule has 0 atom stereocenters. The van der Waals surface area contributed by atoms with Gasteiger partial charge in [0.25, 0.3) is 11.5 Å². The molecule has 0 saturated heterocycles. The van der Waals surface area contributed by atoms with Crippen molar-refractivity contribution in [3.8, 4) is 0 Å². The lowest BCUT2D eigenvalue weighted by Crippen LogP contribution is -2.32. The highest BCUT2D eigenvalue weighted by molar-refractivity contribution is 7.17. The summed E-state index contributed by atoms with van der Waals surface area (Å²) in [6.45, 7) is 5.26. The number of nitrogens with one attached hydrogen (secondary N) is 2. The van der Waals surface area contributed by atoms with E-state index in [0.717, 1.165) is 36.1 Å². The van der Waals surface area contributed by atoms with E-state index in [9.17, 15) is 14.4 Å². The van der Waals surface area contributed by atoms with Crippen molar-refractivity contribution in [2.75, 3.05) is 25.1 Å². The van der Waals surface area contributed by atoms with Crippen molar-refractivity contribution in [1.82, 2.24) is 14.0 Å². The third-order valence-electron chi connectivity index (χ3n) is 6.82. The number of nitrogens with zero attached hydrogens (tertiary/aromatic N) is 3. The number of fused-ring (bicyclic) bond motifs is 3. The number of hydrogen-bond donors (Lipinski definition) is 2. The third-order valence-corrected chi connectivity index (χ3v) is 8.02. The van der Waals surface area contributed by atoms with Crippen LogP contribution in [-0.2, 0) is 28.9 Å². The maximum atomic E-state index is 13.7. The Bertz CT molecular complexity index is 1690. The Hall–Kier alpha value is -3.83. The number of ether oxygens (including phenoxy) is 2. The number of pyridine rings is 2. The van der Waals surface area contributed by atoms with Gasteiger partial charge >= 0.3 is 5.97 Å². The molecule has 0 radical (unpaired) electrons. The van der Waals surface area contributed by atoms with Crippen LogP contribution >= 0.6 is 11.3 Å². The molecule has 1 aliphatic rings. The molecule has 1 amide bonds. The third kappa shape index (κ3) is 5.11. The average molecular weight is 550 g/mol. The fourth-order valence-electron chi connectivity index (χ4n) is 4.99. The van der Waals surface area contributed by atoms with Crippen LogP contribution in [0.4, 0.5) is 5.00 Å². The van der Waals surface area contributed by atoms with Crippen LogP contribution in [0.25, 0.3) is 16.7 Å². The Morgan fingerprint density at radius 2 is 2.00 bits per heavy atom. The van der Waals surface area contributed by atoms with Gasteiger partial charge in [0.2, 0.25) is 0 Å². The van der Waals surface area contributed by atoms with Crippen LogP contribution in [0.5, 0.6) is 0 Å². The van der Waals surface area contributed by atoms with E-state index in [-0.39, 0.29) is 28.6 Å². The highest BCUT2D eigenvalue weighted by atomic mass is 32.1. The minimum absolute atomic E-state index is 0.0230. The topological polar surface area (TPSA) is 128 Å². The van der Waals surface area contributed by atoms with Gasteiger partial charge in [-0.3, -0.25) is 19.4 Å². The SMILES string of the molecule is CCOCCCn1c(=N)c(C(=O)Nc2sc3c(c2C(=O)OCC)CCCC3)cc2c(=O)n3ccccc3nc21. The van der Waals surface area contributed by atoms with Gasteiger partial charge in [0, 0.05) is 30.8 Å². The molecular weight excluding hydrogens is 518 g/mol. The Balaban J connectivity index is 1.62. The second-order valence-corrected chi connectivity index (χ2v) is 10.4. The smallest absolute Gasteiger partial charge is 0.341 e. The quantitative estimate of drug-likeness (QED) is 0.185. The first-order valence-corrected chi connectivity index (χ1v) is 14.1. The van der Waals surface area contributed by atoms with Crippen LogP contribution in [0, 0.1) is 5.41 Å². The fourth-order valence-corrected chi connectivity index (χ4v) is 6.26. The van der Waals surface area contributed by atoms with Gasteiger partial charge in [0.05, 0.1) is 23.1 Å². The molecule has 0 fully saturated rings. The molecule has 0 saturated carbocycles. The molecule has 5 rings (SSSR count). The van der Waals surface area contributed by atoms with E-state index in [1.54, 1.807) is 35.9 Å². The van der Waals surface area contributed by atoms with Crippen LogP contribution in [0.3, 0.4) is 0 Å². The standard InChI is InChI=1S/C28H31N5O5S/c1-3-37-15-9-14-33-23(29)18(16-19-24(33)30-21-12-7-8-13-32(21)27(19)35)25(34)31-26-22(28(36)38-4-2)17-10-5-6-11-20(17)39-26/h7-8,12-13,16,29H,3-6,9-11,14-15H2,1-2H3,(H,31,34). The summed E-state index contributed by atoms with van der Waals surface area (Å²) in [6, 6.07) is 6.68. The molecule has 204 valence electrons. The molecule has 11 heteroatoms. The average Bonchev–Trinajstić information content (AvgIpc) is 3.30. The highest BCUT2D eigenvalue weighted by Gasteiger charge is 2.28. The number of hydrogen-bond acceptors (Lipinski definition) is 8. The summed E-state index contributed by atoms with van der Waals surface area (Å²) in [7, 11) is 0. The van der Waals surface area contributed by atoms with Crippen molar-refractivity contribution in [2.45, 2.75) is 52.5 Å². The lowest BCUT2D eigenvalue weighted by Gasteiger charge is -2.15. The predicted octanol–water partition coefficient (Wildman–Crippen LogP) is 3.92. The maximum absolute atomic E-state index is 13.7. The molecule has 4 aromatic rings. The van der Waals surface area contributed by atoms with Gasteiger partial charge in [-0.2, -0.15) is 0 Å². The number of aryl methyl sites for hydroxylation is 2. The van der Waals surface area contributed by atoms with Crippen LogP contribution < -0.4 is 16.4 Å². The number of aromatic nitrogens is 3. The second-order valence-electron chi connectivity index (χ2n) is 9.28. The number of esters is 1. The molecule has 10 nitrogen and oxygen atoms in total. The molecule has 4 heterocycles. The first-order valence-electron chi connectivity index (χ1n) is 13.2. The molecule has 0 spiro atoms.